The molecule has 4 heteroatoms. The van der Waals surface area contributed by atoms with Crippen LogP contribution < -0.4 is 9.47 Å². The average molecular weight is 307 g/mol. The van der Waals surface area contributed by atoms with E-state index in [-0.39, 0.29) is 0 Å². The van der Waals surface area contributed by atoms with Crippen LogP contribution in [0, 0.1) is 0 Å². The van der Waals surface area contributed by atoms with Crippen LogP contribution in [0.4, 0.5) is 4.39 Å². The molecule has 0 N–H and O–H groups in total. The van der Waals surface area contributed by atoms with Gasteiger partial charge in [0.05, 0.1) is 0 Å². The van der Waals surface area contributed by atoms with Crippen molar-refractivity contribution in [2.24, 2.45) is 0 Å². The molecule has 1 aromatic carbocycles. The van der Waals surface area contributed by atoms with Gasteiger partial charge in [-0.3, -0.25) is 4.90 Å². The van der Waals surface area contributed by atoms with Crippen molar-refractivity contribution in [1.29, 1.82) is 0 Å². The van der Waals surface area contributed by atoms with E-state index >= 15 is 0 Å². The van der Waals surface area contributed by atoms with Gasteiger partial charge in [0, 0.05) is 12.1 Å². The van der Waals surface area contributed by atoms with Gasteiger partial charge in [0.15, 0.2) is 11.5 Å². The fourth-order valence-corrected chi connectivity index (χ4v) is 3.92. The largest absolute Gasteiger partial charge is 0.488 e. The number of ether oxygens (including phenoxy) is 2. The molecule has 1 atom stereocenters. The maximum absolute atomic E-state index is 12.5. The molecule has 1 aromatic rings. The van der Waals surface area contributed by atoms with Crippen LogP contribution in [0.2, 0.25) is 0 Å². The van der Waals surface area contributed by atoms with Crippen LogP contribution in [0.25, 0.3) is 0 Å². The van der Waals surface area contributed by atoms with E-state index in [1.54, 1.807) is 6.07 Å². The first-order valence-corrected chi connectivity index (χ1v) is 8.52. The molecule has 1 aliphatic heterocycles. The average Bonchev–Trinajstić information content (AvgIpc) is 3.07. The van der Waals surface area contributed by atoms with Crippen molar-refractivity contribution in [2.45, 2.75) is 57.5 Å². The number of hydrogen-bond donors (Lipinski definition) is 0. The lowest BCUT2D eigenvalue weighted by molar-refractivity contribution is 0.0778. The molecule has 2 aliphatic rings. The Labute approximate surface area is 132 Å². The SMILES string of the molecule is CCCN(C1CCCC1)[C@H]1COc2c(cccc2OCF)C1. The molecule has 0 radical (unpaired) electrons. The monoisotopic (exact) mass is 307 g/mol. The third-order valence-corrected chi connectivity index (χ3v) is 4.89. The second kappa shape index (κ2) is 7.32. The molecule has 1 fully saturated rings. The molecular formula is C18H26FNO2. The van der Waals surface area contributed by atoms with Gasteiger partial charge in [-0.15, -0.1) is 0 Å². The van der Waals surface area contributed by atoms with Crippen LogP contribution in [0.15, 0.2) is 18.2 Å². The van der Waals surface area contributed by atoms with Gasteiger partial charge in [-0.2, -0.15) is 0 Å². The summed E-state index contributed by atoms with van der Waals surface area (Å²) in [6.07, 6.45) is 7.47. The predicted octanol–water partition coefficient (Wildman–Crippen LogP) is 3.95. The van der Waals surface area contributed by atoms with Gasteiger partial charge >= 0.3 is 0 Å². The van der Waals surface area contributed by atoms with Crippen LogP contribution >= 0.6 is 0 Å². The van der Waals surface area contributed by atoms with E-state index in [2.05, 4.69) is 17.9 Å². The molecule has 3 nitrogen and oxygen atoms in total. The van der Waals surface area contributed by atoms with Crippen molar-refractivity contribution in [3.8, 4) is 11.5 Å². The molecule has 122 valence electrons. The van der Waals surface area contributed by atoms with Crippen LogP contribution in [0.3, 0.4) is 0 Å². The summed E-state index contributed by atoms with van der Waals surface area (Å²) >= 11 is 0. The highest BCUT2D eigenvalue weighted by Crippen LogP contribution is 2.37. The topological polar surface area (TPSA) is 21.7 Å². The summed E-state index contributed by atoms with van der Waals surface area (Å²) < 4.78 is 23.5. The summed E-state index contributed by atoms with van der Waals surface area (Å²) in [4.78, 5) is 2.65. The molecule has 22 heavy (non-hydrogen) atoms. The molecule has 1 heterocycles. The van der Waals surface area contributed by atoms with E-state index in [1.807, 2.05) is 6.07 Å². The molecule has 0 bridgehead atoms. The van der Waals surface area contributed by atoms with Crippen LogP contribution in [-0.4, -0.2) is 37.0 Å². The summed E-state index contributed by atoms with van der Waals surface area (Å²) in [5.41, 5.74) is 1.14. The van der Waals surface area contributed by atoms with E-state index in [1.165, 1.54) is 32.1 Å². The Kier molecular flexibility index (Phi) is 5.19. The minimum absolute atomic E-state index is 0.427. The highest BCUT2D eigenvalue weighted by molar-refractivity contribution is 5.48. The standard InChI is InChI=1S/C18H26FNO2/c1-2-10-20(15-7-3-4-8-15)16-11-14-6-5-9-17(22-13-19)18(14)21-12-16/h5-6,9,15-16H,2-4,7-8,10-13H2,1H3/t16-/m1/s1. The molecule has 1 saturated carbocycles. The number of para-hydroxylation sites is 1. The highest BCUT2D eigenvalue weighted by Gasteiger charge is 2.32. The fraction of sp³-hybridized carbons (Fsp3) is 0.667. The first-order chi connectivity index (χ1) is 10.8. The van der Waals surface area contributed by atoms with E-state index in [9.17, 15) is 4.39 Å². The Morgan fingerprint density at radius 1 is 1.27 bits per heavy atom. The minimum Gasteiger partial charge on any atom is -0.488 e. The summed E-state index contributed by atoms with van der Waals surface area (Å²) in [5, 5.41) is 0. The number of rotatable bonds is 6. The molecule has 0 aromatic heterocycles. The van der Waals surface area contributed by atoms with Crippen molar-refractivity contribution in [1.82, 2.24) is 4.90 Å². The first kappa shape index (κ1) is 15.6. The summed E-state index contributed by atoms with van der Waals surface area (Å²) in [7, 11) is 0. The van der Waals surface area contributed by atoms with Gasteiger partial charge in [0.2, 0.25) is 6.86 Å². The lowest BCUT2D eigenvalue weighted by Crippen LogP contribution is -2.48. The Bertz CT molecular complexity index is 488. The van der Waals surface area contributed by atoms with Gasteiger partial charge in [0.25, 0.3) is 0 Å². The zero-order valence-electron chi connectivity index (χ0n) is 13.4. The van der Waals surface area contributed by atoms with E-state index in [0.717, 1.165) is 24.3 Å². The fourth-order valence-electron chi connectivity index (χ4n) is 3.92. The normalized spacial score (nSPS) is 21.7. The lowest BCUT2D eigenvalue weighted by atomic mass is 9.99. The van der Waals surface area contributed by atoms with Gasteiger partial charge in [-0.05, 0) is 43.9 Å². The number of alkyl halides is 1. The maximum atomic E-state index is 12.5. The predicted molar refractivity (Wildman–Crippen MR) is 85.3 cm³/mol. The number of nitrogens with zero attached hydrogens (tertiary/aromatic N) is 1. The van der Waals surface area contributed by atoms with Crippen LogP contribution in [0.1, 0.15) is 44.6 Å². The zero-order valence-corrected chi connectivity index (χ0v) is 13.4. The van der Waals surface area contributed by atoms with Gasteiger partial charge in [0.1, 0.15) is 6.61 Å². The Balaban J connectivity index is 1.75. The molecule has 0 unspecified atom stereocenters. The molecule has 1 aliphatic carbocycles. The van der Waals surface area contributed by atoms with Crippen molar-refractivity contribution >= 4 is 0 Å². The number of hydrogen-bond acceptors (Lipinski definition) is 3. The molecule has 0 amide bonds. The van der Waals surface area contributed by atoms with E-state index in [4.69, 9.17) is 9.47 Å². The lowest BCUT2D eigenvalue weighted by Gasteiger charge is -2.39. The third-order valence-electron chi connectivity index (χ3n) is 4.89. The second-order valence-corrected chi connectivity index (χ2v) is 6.34. The Hall–Kier alpha value is -1.29. The summed E-state index contributed by atoms with van der Waals surface area (Å²) in [6.45, 7) is 3.24. The van der Waals surface area contributed by atoms with Crippen molar-refractivity contribution in [3.05, 3.63) is 23.8 Å². The van der Waals surface area contributed by atoms with Gasteiger partial charge < -0.3 is 9.47 Å². The summed E-state index contributed by atoms with van der Waals surface area (Å²) in [6, 6.07) is 6.91. The number of fused-ring (bicyclic) bond motifs is 1. The maximum Gasteiger partial charge on any atom is 0.228 e. The van der Waals surface area contributed by atoms with Gasteiger partial charge in [-0.1, -0.05) is 31.9 Å². The number of benzene rings is 1. The third kappa shape index (κ3) is 3.22. The molecular weight excluding hydrogens is 281 g/mol. The van der Waals surface area contributed by atoms with Crippen molar-refractivity contribution in [2.75, 3.05) is 20.0 Å². The minimum atomic E-state index is -0.812. The van der Waals surface area contributed by atoms with Crippen LogP contribution in [-0.2, 0) is 6.42 Å². The molecule has 3 rings (SSSR count). The smallest absolute Gasteiger partial charge is 0.228 e. The zero-order chi connectivity index (χ0) is 15.4. The van der Waals surface area contributed by atoms with Crippen molar-refractivity contribution in [3.63, 3.8) is 0 Å². The Morgan fingerprint density at radius 2 is 2.09 bits per heavy atom. The van der Waals surface area contributed by atoms with E-state index < -0.39 is 6.86 Å². The van der Waals surface area contributed by atoms with Crippen LogP contribution in [0.5, 0.6) is 11.5 Å². The van der Waals surface area contributed by atoms with Crippen molar-refractivity contribution < 1.29 is 13.9 Å². The molecule has 0 spiro atoms. The van der Waals surface area contributed by atoms with E-state index in [0.29, 0.717) is 24.4 Å². The highest BCUT2D eigenvalue weighted by atomic mass is 19.1. The summed E-state index contributed by atoms with van der Waals surface area (Å²) in [5.74, 6) is 1.26. The number of halogens is 1. The molecule has 0 saturated heterocycles. The second-order valence-electron chi connectivity index (χ2n) is 6.34. The Morgan fingerprint density at radius 3 is 2.82 bits per heavy atom. The van der Waals surface area contributed by atoms with Gasteiger partial charge in [-0.25, -0.2) is 4.39 Å². The quantitative estimate of drug-likeness (QED) is 0.794. The first-order valence-electron chi connectivity index (χ1n) is 8.52.